The van der Waals surface area contributed by atoms with E-state index in [2.05, 4.69) is 0 Å². The number of benzene rings is 1. The van der Waals surface area contributed by atoms with Crippen LogP contribution in [-0.2, 0) is 22.3 Å². The summed E-state index contributed by atoms with van der Waals surface area (Å²) in [6, 6.07) is 11.6. The van der Waals surface area contributed by atoms with Gasteiger partial charge < -0.3 is 0 Å². The van der Waals surface area contributed by atoms with Crippen molar-refractivity contribution >= 4 is 33.0 Å². The molecule has 0 atom stereocenters. The van der Waals surface area contributed by atoms with Crippen LogP contribution in [0.1, 0.15) is 15.3 Å². The van der Waals surface area contributed by atoms with E-state index in [0.717, 1.165) is 15.3 Å². The molecule has 0 spiro atoms. The van der Waals surface area contributed by atoms with Gasteiger partial charge in [0.1, 0.15) is 0 Å². The molecule has 0 fully saturated rings. The van der Waals surface area contributed by atoms with Crippen molar-refractivity contribution in [2.75, 3.05) is 13.6 Å². The number of halogens is 1. The van der Waals surface area contributed by atoms with Crippen LogP contribution < -0.4 is 0 Å². The summed E-state index contributed by atoms with van der Waals surface area (Å²) < 4.78 is 26.6. The summed E-state index contributed by atoms with van der Waals surface area (Å²) in [5.41, 5.74) is 1.13. The number of aryl methyl sites for hydroxylation is 1. The van der Waals surface area contributed by atoms with E-state index in [9.17, 15) is 8.42 Å². The molecule has 1 heterocycles. The lowest BCUT2D eigenvalue weighted by Crippen LogP contribution is -2.29. The van der Waals surface area contributed by atoms with Gasteiger partial charge in [0, 0.05) is 23.3 Å². The summed E-state index contributed by atoms with van der Waals surface area (Å²) >= 11 is 7.22. The van der Waals surface area contributed by atoms with Crippen LogP contribution in [0.3, 0.4) is 0 Å². The fourth-order valence-corrected chi connectivity index (χ4v) is 4.93. The van der Waals surface area contributed by atoms with E-state index in [-0.39, 0.29) is 0 Å². The molecule has 0 saturated heterocycles. The van der Waals surface area contributed by atoms with Gasteiger partial charge in [-0.25, -0.2) is 12.7 Å². The molecule has 114 valence electrons. The zero-order chi connectivity index (χ0) is 15.5. The van der Waals surface area contributed by atoms with E-state index in [0.29, 0.717) is 23.7 Å². The molecule has 1 aromatic carbocycles. The summed E-state index contributed by atoms with van der Waals surface area (Å²) in [4.78, 5) is 2.04. The Balaban J connectivity index is 2.13. The lowest BCUT2D eigenvalue weighted by molar-refractivity contribution is 0.472. The lowest BCUT2D eigenvalue weighted by atomic mass is 10.2. The third-order valence-electron chi connectivity index (χ3n) is 3.30. The van der Waals surface area contributed by atoms with E-state index in [4.69, 9.17) is 11.6 Å². The highest BCUT2D eigenvalue weighted by Gasteiger charge is 2.24. The monoisotopic (exact) mass is 343 g/mol. The smallest absolute Gasteiger partial charge is 0.207 e. The Hall–Kier alpha value is -0.880. The van der Waals surface area contributed by atoms with Crippen molar-refractivity contribution in [3.63, 3.8) is 0 Å². The molecular weight excluding hydrogens is 326 g/mol. The largest absolute Gasteiger partial charge is 0.243 e. The van der Waals surface area contributed by atoms with E-state index in [1.165, 1.54) is 15.6 Å². The van der Waals surface area contributed by atoms with Crippen LogP contribution >= 0.6 is 22.9 Å². The Morgan fingerprint density at radius 1 is 1.24 bits per heavy atom. The Labute approximate surface area is 135 Å². The lowest BCUT2D eigenvalue weighted by Gasteiger charge is -2.17. The van der Waals surface area contributed by atoms with Crippen LogP contribution in [-0.4, -0.2) is 26.3 Å². The molecule has 0 N–H and O–H groups in total. The first-order valence-corrected chi connectivity index (χ1v) is 9.40. The molecule has 0 aliphatic heterocycles. The van der Waals surface area contributed by atoms with Crippen molar-refractivity contribution in [2.45, 2.75) is 24.1 Å². The maximum absolute atomic E-state index is 12.6. The average Bonchev–Trinajstić information content (AvgIpc) is 2.87. The first-order chi connectivity index (χ1) is 9.95. The highest BCUT2D eigenvalue weighted by atomic mass is 35.5. The molecule has 0 aliphatic carbocycles. The van der Waals surface area contributed by atoms with Gasteiger partial charge in [0.25, 0.3) is 0 Å². The maximum atomic E-state index is 12.6. The number of thiophene rings is 1. The summed E-state index contributed by atoms with van der Waals surface area (Å²) in [5, 5.41) is 0. The molecule has 6 heteroatoms. The van der Waals surface area contributed by atoms with Gasteiger partial charge in [-0.1, -0.05) is 30.3 Å². The second kappa shape index (κ2) is 6.92. The van der Waals surface area contributed by atoms with Crippen molar-refractivity contribution in [3.05, 3.63) is 51.7 Å². The molecule has 2 aromatic rings. The van der Waals surface area contributed by atoms with Crippen molar-refractivity contribution in [1.29, 1.82) is 0 Å². The molecular formula is C15H18ClNO2S2. The van der Waals surface area contributed by atoms with Crippen LogP contribution in [0.25, 0.3) is 0 Å². The minimum Gasteiger partial charge on any atom is -0.207 e. The number of hydrogen-bond acceptors (Lipinski definition) is 3. The summed E-state index contributed by atoms with van der Waals surface area (Å²) in [5.74, 6) is 0.342. The molecule has 2 rings (SSSR count). The van der Waals surface area contributed by atoms with E-state index in [1.54, 1.807) is 13.1 Å². The summed E-state index contributed by atoms with van der Waals surface area (Å²) in [6.07, 6.45) is 0.697. The van der Waals surface area contributed by atoms with Gasteiger partial charge in [-0.3, -0.25) is 0 Å². The van der Waals surface area contributed by atoms with E-state index in [1.807, 2.05) is 37.3 Å². The van der Waals surface area contributed by atoms with Crippen molar-refractivity contribution < 1.29 is 8.42 Å². The molecule has 21 heavy (non-hydrogen) atoms. The van der Waals surface area contributed by atoms with Crippen LogP contribution in [0.5, 0.6) is 0 Å². The number of nitrogens with zero attached hydrogens (tertiary/aromatic N) is 1. The van der Waals surface area contributed by atoms with Crippen molar-refractivity contribution in [2.24, 2.45) is 0 Å². The normalized spacial score (nSPS) is 12.0. The molecule has 0 radical (unpaired) electrons. The number of sulfonamides is 1. The summed E-state index contributed by atoms with van der Waals surface area (Å²) in [7, 11) is -1.82. The predicted molar refractivity (Wildman–Crippen MR) is 88.6 cm³/mol. The Bertz CT molecular complexity index is 696. The Morgan fingerprint density at radius 2 is 1.90 bits per heavy atom. The van der Waals surface area contributed by atoms with Gasteiger partial charge in [0.05, 0.1) is 10.8 Å². The quantitative estimate of drug-likeness (QED) is 0.751. The fourth-order valence-electron chi connectivity index (χ4n) is 2.07. The van der Waals surface area contributed by atoms with Gasteiger partial charge in [0.2, 0.25) is 10.0 Å². The molecule has 1 aromatic heterocycles. The molecule has 0 unspecified atom stereocenters. The first-order valence-electron chi connectivity index (χ1n) is 6.60. The third-order valence-corrected chi connectivity index (χ3v) is 6.91. The second-order valence-electron chi connectivity index (χ2n) is 4.83. The molecule has 0 amide bonds. The Morgan fingerprint density at radius 3 is 2.48 bits per heavy atom. The first kappa shape index (κ1) is 16.5. The predicted octanol–water partition coefficient (Wildman–Crippen LogP) is 3.66. The van der Waals surface area contributed by atoms with Gasteiger partial charge in [-0.15, -0.1) is 22.9 Å². The van der Waals surface area contributed by atoms with Crippen LogP contribution in [0.4, 0.5) is 0 Å². The fraction of sp³-hybridized carbons (Fsp3) is 0.333. The zero-order valence-electron chi connectivity index (χ0n) is 12.0. The minimum atomic E-state index is -3.44. The van der Waals surface area contributed by atoms with Gasteiger partial charge in [-0.2, -0.15) is 0 Å². The number of rotatable bonds is 6. The Kier molecular flexibility index (Phi) is 5.43. The highest BCUT2D eigenvalue weighted by molar-refractivity contribution is 7.89. The standard InChI is InChI=1S/C15H18ClNO2S2/c1-12-15(10-14(11-16)20-12)21(18,19)17(2)9-8-13-6-4-3-5-7-13/h3-7,10H,8-9,11H2,1-2H3. The molecule has 0 aliphatic rings. The van der Waals surface area contributed by atoms with Gasteiger partial charge >= 0.3 is 0 Å². The number of likely N-dealkylation sites (N-methyl/N-ethyl adjacent to an activating group) is 1. The zero-order valence-corrected chi connectivity index (χ0v) is 14.4. The minimum absolute atomic E-state index is 0.342. The molecule has 3 nitrogen and oxygen atoms in total. The SMILES string of the molecule is Cc1sc(CCl)cc1S(=O)(=O)N(C)CCc1ccccc1. The van der Waals surface area contributed by atoms with E-state index >= 15 is 0 Å². The number of alkyl halides is 1. The molecule has 0 saturated carbocycles. The van der Waals surface area contributed by atoms with Gasteiger partial charge in [0.15, 0.2) is 0 Å². The summed E-state index contributed by atoms with van der Waals surface area (Å²) in [6.45, 7) is 2.27. The van der Waals surface area contributed by atoms with E-state index < -0.39 is 10.0 Å². The van der Waals surface area contributed by atoms with Crippen molar-refractivity contribution in [1.82, 2.24) is 4.31 Å². The van der Waals surface area contributed by atoms with Gasteiger partial charge in [-0.05, 0) is 25.0 Å². The maximum Gasteiger partial charge on any atom is 0.243 e. The van der Waals surface area contributed by atoms with Crippen LogP contribution in [0, 0.1) is 6.92 Å². The number of hydrogen-bond donors (Lipinski definition) is 0. The third kappa shape index (κ3) is 3.86. The van der Waals surface area contributed by atoms with Crippen molar-refractivity contribution in [3.8, 4) is 0 Å². The highest BCUT2D eigenvalue weighted by Crippen LogP contribution is 2.28. The van der Waals surface area contributed by atoms with Crippen LogP contribution in [0.2, 0.25) is 0 Å². The second-order valence-corrected chi connectivity index (χ2v) is 8.45. The van der Waals surface area contributed by atoms with Crippen LogP contribution in [0.15, 0.2) is 41.3 Å². The topological polar surface area (TPSA) is 37.4 Å². The molecule has 0 bridgehead atoms. The average molecular weight is 344 g/mol.